The van der Waals surface area contributed by atoms with E-state index in [2.05, 4.69) is 31.3 Å². The molecule has 0 spiro atoms. The fourth-order valence-electron chi connectivity index (χ4n) is 5.50. The molecule has 0 saturated carbocycles. The number of nitrogens with one attached hydrogen (secondary N) is 1. The minimum atomic E-state index is -0.395. The van der Waals surface area contributed by atoms with E-state index >= 15 is 0 Å². The summed E-state index contributed by atoms with van der Waals surface area (Å²) in [5.74, 6) is 0.399. The maximum atomic E-state index is 12.9. The number of anilines is 1. The minimum absolute atomic E-state index is 0.0387. The predicted octanol–water partition coefficient (Wildman–Crippen LogP) is 2.79. The van der Waals surface area contributed by atoms with Crippen LogP contribution in [0.2, 0.25) is 0 Å². The van der Waals surface area contributed by atoms with Gasteiger partial charge in [0.25, 0.3) is 0 Å². The normalized spacial score (nSPS) is 25.3. The van der Waals surface area contributed by atoms with E-state index in [1.54, 1.807) is 0 Å². The second-order valence-electron chi connectivity index (χ2n) is 9.84. The van der Waals surface area contributed by atoms with E-state index < -0.39 is 6.04 Å². The molecule has 0 aromatic heterocycles. The standard InChI is InChI=1S/C26H42N4O3/c1-4-14-30(20(3)19-21-6-8-23(9-7-21)28-24(31)5-2)15-10-22(11-16-30)25(27)26(32)29-12-17-33-18-13-29/h6-9,20,22,25H,4-5,10-19,27H2,1-3H3/p+1. The van der Waals surface area contributed by atoms with Crippen LogP contribution in [-0.2, 0) is 20.7 Å². The number of hydrogen-bond acceptors (Lipinski definition) is 4. The lowest BCUT2D eigenvalue weighted by Crippen LogP contribution is -2.61. The minimum Gasteiger partial charge on any atom is -0.378 e. The molecule has 2 aliphatic heterocycles. The zero-order chi connectivity index (χ0) is 23.8. The molecule has 2 unspecified atom stereocenters. The summed E-state index contributed by atoms with van der Waals surface area (Å²) in [6.07, 6.45) is 4.65. The van der Waals surface area contributed by atoms with Gasteiger partial charge in [0.1, 0.15) is 0 Å². The third kappa shape index (κ3) is 6.55. The average molecular weight is 460 g/mol. The quantitative estimate of drug-likeness (QED) is 0.556. The Labute approximate surface area is 199 Å². The molecule has 33 heavy (non-hydrogen) atoms. The van der Waals surface area contributed by atoms with Gasteiger partial charge in [-0.15, -0.1) is 0 Å². The van der Waals surface area contributed by atoms with Gasteiger partial charge in [0.15, 0.2) is 0 Å². The summed E-state index contributed by atoms with van der Waals surface area (Å²) in [7, 11) is 0. The molecule has 2 amide bonds. The smallest absolute Gasteiger partial charge is 0.239 e. The monoisotopic (exact) mass is 459 g/mol. The number of carbonyl (C=O) groups is 2. The number of amides is 2. The molecule has 3 rings (SSSR count). The van der Waals surface area contributed by atoms with Crippen LogP contribution in [0.3, 0.4) is 0 Å². The average Bonchev–Trinajstić information content (AvgIpc) is 2.85. The third-order valence-electron chi connectivity index (χ3n) is 7.70. The Morgan fingerprint density at radius 3 is 2.36 bits per heavy atom. The van der Waals surface area contributed by atoms with Crippen LogP contribution < -0.4 is 11.1 Å². The van der Waals surface area contributed by atoms with E-state index in [0.29, 0.717) is 38.8 Å². The largest absolute Gasteiger partial charge is 0.378 e. The van der Waals surface area contributed by atoms with Crippen LogP contribution in [0.5, 0.6) is 0 Å². The van der Waals surface area contributed by atoms with Gasteiger partial charge in [-0.2, -0.15) is 0 Å². The molecule has 0 aliphatic carbocycles. The summed E-state index contributed by atoms with van der Waals surface area (Å²) in [5.41, 5.74) is 8.63. The third-order valence-corrected chi connectivity index (χ3v) is 7.70. The highest BCUT2D eigenvalue weighted by molar-refractivity contribution is 5.90. The Hall–Kier alpha value is -1.96. The van der Waals surface area contributed by atoms with Gasteiger partial charge in [-0.3, -0.25) is 9.59 Å². The second-order valence-corrected chi connectivity index (χ2v) is 9.84. The number of nitrogens with zero attached hydrogens (tertiary/aromatic N) is 2. The Morgan fingerprint density at radius 1 is 1.15 bits per heavy atom. The number of hydrogen-bond donors (Lipinski definition) is 2. The van der Waals surface area contributed by atoms with Crippen molar-refractivity contribution in [3.05, 3.63) is 29.8 Å². The van der Waals surface area contributed by atoms with Crippen molar-refractivity contribution in [1.82, 2.24) is 4.90 Å². The van der Waals surface area contributed by atoms with E-state index in [-0.39, 0.29) is 17.7 Å². The summed E-state index contributed by atoms with van der Waals surface area (Å²) in [4.78, 5) is 26.4. The first-order chi connectivity index (χ1) is 15.9. The van der Waals surface area contributed by atoms with E-state index in [1.807, 2.05) is 24.0 Å². The first-order valence-electron chi connectivity index (χ1n) is 12.7. The topological polar surface area (TPSA) is 84.7 Å². The highest BCUT2D eigenvalue weighted by atomic mass is 16.5. The molecule has 2 aliphatic rings. The van der Waals surface area contributed by atoms with Crippen molar-refractivity contribution in [3.8, 4) is 0 Å². The molecule has 184 valence electrons. The molecule has 2 saturated heterocycles. The summed E-state index contributed by atoms with van der Waals surface area (Å²) in [6.45, 7) is 12.3. The van der Waals surface area contributed by atoms with Crippen LogP contribution in [0.25, 0.3) is 0 Å². The molecule has 0 radical (unpaired) electrons. The number of likely N-dealkylation sites (tertiary alicyclic amines) is 1. The molecular formula is C26H43N4O3+. The van der Waals surface area contributed by atoms with Crippen molar-refractivity contribution in [2.45, 2.75) is 65.0 Å². The maximum absolute atomic E-state index is 12.9. The van der Waals surface area contributed by atoms with E-state index in [4.69, 9.17) is 10.5 Å². The highest BCUT2D eigenvalue weighted by Gasteiger charge is 2.41. The molecule has 3 N–H and O–H groups in total. The first kappa shape index (κ1) is 25.7. The maximum Gasteiger partial charge on any atom is 0.239 e. The first-order valence-corrected chi connectivity index (χ1v) is 12.7. The van der Waals surface area contributed by atoms with Crippen LogP contribution in [0.1, 0.15) is 52.0 Å². The molecule has 2 atom stereocenters. The van der Waals surface area contributed by atoms with Crippen molar-refractivity contribution in [3.63, 3.8) is 0 Å². The molecule has 2 heterocycles. The number of carbonyl (C=O) groups excluding carboxylic acids is 2. The van der Waals surface area contributed by atoms with Crippen molar-refractivity contribution in [2.75, 3.05) is 51.3 Å². The zero-order valence-electron chi connectivity index (χ0n) is 20.7. The molecule has 1 aromatic rings. The lowest BCUT2D eigenvalue weighted by atomic mass is 9.86. The van der Waals surface area contributed by atoms with Gasteiger partial charge in [-0.25, -0.2) is 0 Å². The van der Waals surface area contributed by atoms with E-state index in [0.717, 1.165) is 55.5 Å². The SMILES string of the molecule is CCC[N+]1(C(C)Cc2ccc(NC(=O)CC)cc2)CCC(C(N)C(=O)N2CCOCC2)CC1. The van der Waals surface area contributed by atoms with Crippen molar-refractivity contribution < 1.29 is 18.8 Å². The summed E-state index contributed by atoms with van der Waals surface area (Å²) >= 11 is 0. The van der Waals surface area contributed by atoms with Crippen LogP contribution in [0.4, 0.5) is 5.69 Å². The number of benzene rings is 1. The predicted molar refractivity (Wildman–Crippen MR) is 132 cm³/mol. The van der Waals surface area contributed by atoms with E-state index in [9.17, 15) is 9.59 Å². The summed E-state index contributed by atoms with van der Waals surface area (Å²) in [5, 5.41) is 2.92. The van der Waals surface area contributed by atoms with Crippen LogP contribution in [0.15, 0.2) is 24.3 Å². The van der Waals surface area contributed by atoms with Gasteiger partial charge >= 0.3 is 0 Å². The fraction of sp³-hybridized carbons (Fsp3) is 0.692. The van der Waals surface area contributed by atoms with Gasteiger partial charge in [0.05, 0.1) is 44.9 Å². The van der Waals surface area contributed by atoms with Gasteiger partial charge in [-0.05, 0) is 37.0 Å². The Morgan fingerprint density at radius 2 is 1.79 bits per heavy atom. The number of quaternary nitrogens is 1. The van der Waals surface area contributed by atoms with Crippen LogP contribution in [-0.4, -0.2) is 79.2 Å². The van der Waals surface area contributed by atoms with Crippen molar-refractivity contribution in [2.24, 2.45) is 11.7 Å². The summed E-state index contributed by atoms with van der Waals surface area (Å²) < 4.78 is 6.47. The van der Waals surface area contributed by atoms with Gasteiger partial charge in [0, 0.05) is 44.5 Å². The molecule has 1 aromatic carbocycles. The second kappa shape index (κ2) is 12.0. The number of nitrogens with two attached hydrogens (primary N) is 1. The number of piperidine rings is 1. The van der Waals surface area contributed by atoms with Crippen molar-refractivity contribution >= 4 is 17.5 Å². The molecule has 7 heteroatoms. The number of morpholine rings is 1. The fourth-order valence-corrected chi connectivity index (χ4v) is 5.50. The van der Waals surface area contributed by atoms with Gasteiger partial charge < -0.3 is 25.2 Å². The van der Waals surface area contributed by atoms with Crippen LogP contribution >= 0.6 is 0 Å². The molecular weight excluding hydrogens is 416 g/mol. The Bertz CT molecular complexity index is 768. The molecule has 2 fully saturated rings. The lowest BCUT2D eigenvalue weighted by molar-refractivity contribution is -0.954. The van der Waals surface area contributed by atoms with Gasteiger partial charge in [-0.1, -0.05) is 26.0 Å². The zero-order valence-corrected chi connectivity index (χ0v) is 20.7. The highest BCUT2D eigenvalue weighted by Crippen LogP contribution is 2.31. The lowest BCUT2D eigenvalue weighted by Gasteiger charge is -2.49. The molecule has 7 nitrogen and oxygen atoms in total. The Balaban J connectivity index is 1.58. The Kier molecular flexibility index (Phi) is 9.29. The summed E-state index contributed by atoms with van der Waals surface area (Å²) in [6, 6.07) is 8.37. The molecule has 0 bridgehead atoms. The van der Waals surface area contributed by atoms with E-state index in [1.165, 1.54) is 5.56 Å². The van der Waals surface area contributed by atoms with Crippen LogP contribution in [0, 0.1) is 5.92 Å². The number of rotatable bonds is 9. The van der Waals surface area contributed by atoms with Crippen molar-refractivity contribution in [1.29, 1.82) is 0 Å². The van der Waals surface area contributed by atoms with Gasteiger partial charge in [0.2, 0.25) is 11.8 Å². The number of ether oxygens (including phenoxy) is 1.